The van der Waals surface area contributed by atoms with Crippen molar-refractivity contribution in [1.82, 2.24) is 15.2 Å². The first-order valence-electron chi connectivity index (χ1n) is 12.6. The summed E-state index contributed by atoms with van der Waals surface area (Å²) in [6.07, 6.45) is 0.183. The van der Waals surface area contributed by atoms with Crippen LogP contribution >= 0.6 is 0 Å². The topological polar surface area (TPSA) is 136 Å². The minimum atomic E-state index is -3.68. The van der Waals surface area contributed by atoms with Gasteiger partial charge in [-0.1, -0.05) is 42.5 Å². The Morgan fingerprint density at radius 2 is 1.71 bits per heavy atom. The van der Waals surface area contributed by atoms with Crippen LogP contribution in [0.15, 0.2) is 59.0 Å². The lowest BCUT2D eigenvalue weighted by Gasteiger charge is -2.28. The predicted octanol–water partition coefficient (Wildman–Crippen LogP) is 2.39. The molecular weight excluding hydrogens is 510 g/mol. The Hall–Kier alpha value is -3.57. The highest BCUT2D eigenvalue weighted by Crippen LogP contribution is 2.17. The maximum Gasteiger partial charge on any atom is 0.264 e. The summed E-state index contributed by atoms with van der Waals surface area (Å²) in [4.78, 5) is 44.1. The van der Waals surface area contributed by atoms with Gasteiger partial charge in [0.1, 0.15) is 5.52 Å². The van der Waals surface area contributed by atoms with Crippen LogP contribution in [0.1, 0.15) is 35.5 Å². The first-order chi connectivity index (χ1) is 18.3. The molecule has 11 heteroatoms. The number of rotatable bonds is 12. The lowest BCUT2D eigenvalue weighted by atomic mass is 10.1. The van der Waals surface area contributed by atoms with E-state index in [9.17, 15) is 22.8 Å². The molecule has 4 rings (SSSR count). The molecule has 1 aliphatic rings. The molecule has 0 spiro atoms. The molecule has 1 aromatic heterocycles. The van der Waals surface area contributed by atoms with Crippen LogP contribution in [0.4, 0.5) is 0 Å². The third-order valence-electron chi connectivity index (χ3n) is 6.25. The van der Waals surface area contributed by atoms with Crippen molar-refractivity contribution in [1.29, 1.82) is 0 Å². The quantitative estimate of drug-likeness (QED) is 0.273. The number of nitrogens with one attached hydrogen (secondary N) is 1. The van der Waals surface area contributed by atoms with Gasteiger partial charge >= 0.3 is 0 Å². The Labute approximate surface area is 221 Å². The molecule has 38 heavy (non-hydrogen) atoms. The first kappa shape index (κ1) is 27.5. The second-order valence-corrected chi connectivity index (χ2v) is 11.3. The number of aromatic nitrogens is 1. The van der Waals surface area contributed by atoms with E-state index in [2.05, 4.69) is 10.3 Å². The molecule has 10 nitrogen and oxygen atoms in total. The Kier molecular flexibility index (Phi) is 9.24. The predicted molar refractivity (Wildman–Crippen MR) is 140 cm³/mol. The van der Waals surface area contributed by atoms with Crippen LogP contribution in [0, 0.1) is 5.92 Å². The fraction of sp³-hybridized carbons (Fsp3) is 0.407. The van der Waals surface area contributed by atoms with E-state index in [-0.39, 0.29) is 42.7 Å². The summed E-state index contributed by atoms with van der Waals surface area (Å²) in [7, 11) is -3.68. The zero-order chi connectivity index (χ0) is 27.0. The smallest absolute Gasteiger partial charge is 0.264 e. The van der Waals surface area contributed by atoms with Crippen molar-refractivity contribution in [2.24, 2.45) is 5.92 Å². The molecule has 0 saturated carbocycles. The average Bonchev–Trinajstić information content (AvgIpc) is 3.36. The number of Topliss-reactive ketones (excluding diaryl/α,β-unsaturated/α-hetero) is 1. The maximum absolute atomic E-state index is 13.0. The number of carbonyl (C=O) groups excluding carboxylic acids is 3. The summed E-state index contributed by atoms with van der Waals surface area (Å²) < 4.78 is 36.6. The Morgan fingerprint density at radius 3 is 2.45 bits per heavy atom. The molecule has 1 saturated heterocycles. The molecule has 202 valence electrons. The molecule has 3 aromatic rings. The third kappa shape index (κ3) is 7.72. The molecule has 0 radical (unpaired) electrons. The van der Waals surface area contributed by atoms with Gasteiger partial charge in [-0.05, 0) is 24.1 Å². The second-order valence-electron chi connectivity index (χ2n) is 9.24. The fourth-order valence-corrected chi connectivity index (χ4v) is 5.98. The van der Waals surface area contributed by atoms with Gasteiger partial charge in [0, 0.05) is 32.5 Å². The lowest BCUT2D eigenvalue weighted by Crippen LogP contribution is -2.44. The van der Waals surface area contributed by atoms with Crippen LogP contribution in [0.2, 0.25) is 0 Å². The molecule has 1 fully saturated rings. The zero-order valence-electron chi connectivity index (χ0n) is 21.0. The van der Waals surface area contributed by atoms with Crippen molar-refractivity contribution >= 4 is 38.5 Å². The number of para-hydroxylation sites is 2. The highest BCUT2D eigenvalue weighted by atomic mass is 32.2. The summed E-state index contributed by atoms with van der Waals surface area (Å²) >= 11 is 0. The molecule has 1 atom stereocenters. The van der Waals surface area contributed by atoms with Gasteiger partial charge in [0.2, 0.25) is 17.6 Å². The molecule has 0 bridgehead atoms. The highest BCUT2D eigenvalue weighted by Gasteiger charge is 2.30. The average molecular weight is 542 g/mol. The first-order valence-corrected chi connectivity index (χ1v) is 14.4. The summed E-state index contributed by atoms with van der Waals surface area (Å²) in [6.45, 7) is 1.77. The molecule has 2 heterocycles. The van der Waals surface area contributed by atoms with E-state index in [0.717, 1.165) is 0 Å². The van der Waals surface area contributed by atoms with Crippen LogP contribution in [0.3, 0.4) is 0 Å². The minimum absolute atomic E-state index is 0.0125. The Morgan fingerprint density at radius 1 is 1.00 bits per heavy atom. The fourth-order valence-electron chi connectivity index (χ4n) is 4.28. The summed E-state index contributed by atoms with van der Waals surface area (Å²) in [5, 5.41) is 2.71. The van der Waals surface area contributed by atoms with Gasteiger partial charge in [0.05, 0.1) is 30.6 Å². The number of oxazole rings is 1. The summed E-state index contributed by atoms with van der Waals surface area (Å²) in [6, 6.07) is 15.8. The van der Waals surface area contributed by atoms with Gasteiger partial charge in [-0.3, -0.25) is 14.4 Å². The molecule has 2 amide bonds. The zero-order valence-corrected chi connectivity index (χ0v) is 21.8. The van der Waals surface area contributed by atoms with Crippen molar-refractivity contribution in [3.05, 3.63) is 66.1 Å². The molecule has 2 aromatic carbocycles. The Balaban J connectivity index is 1.34. The summed E-state index contributed by atoms with van der Waals surface area (Å²) in [5.41, 5.74) is 1.73. The number of ketones is 1. The van der Waals surface area contributed by atoms with E-state index in [1.165, 1.54) is 0 Å². The third-order valence-corrected chi connectivity index (χ3v) is 7.94. The molecular formula is C27H31N3O7S. The maximum atomic E-state index is 13.0. The molecule has 0 aliphatic carbocycles. The number of hydrogen-bond donors (Lipinski definition) is 1. The van der Waals surface area contributed by atoms with E-state index < -0.39 is 27.4 Å². The number of hydrogen-bond acceptors (Lipinski definition) is 8. The van der Waals surface area contributed by atoms with Gasteiger partial charge in [-0.15, -0.1) is 0 Å². The normalized spacial score (nSPS) is 14.8. The van der Waals surface area contributed by atoms with Gasteiger partial charge in [-0.25, -0.2) is 13.4 Å². The van der Waals surface area contributed by atoms with Crippen LogP contribution < -0.4 is 5.32 Å². The standard InChI is InChI=1S/C27H31N3O7S/c31-23(27-29-22-9-4-5-11-24(22)37-27)10-6-12-28-26(33)21(17-25(32)30-13-15-36-16-14-30)19-38(34,35)18-20-7-2-1-3-8-20/h1-5,7-9,11,21H,6,10,12-19H2,(H,28,33). The van der Waals surface area contributed by atoms with Crippen LogP contribution in [-0.4, -0.2) is 74.5 Å². The number of sulfone groups is 1. The van der Waals surface area contributed by atoms with E-state index in [1.807, 2.05) is 0 Å². The molecule has 1 aliphatic heterocycles. The molecule has 1 N–H and O–H groups in total. The monoisotopic (exact) mass is 541 g/mol. The van der Waals surface area contributed by atoms with Crippen molar-refractivity contribution in [3.63, 3.8) is 0 Å². The van der Waals surface area contributed by atoms with Crippen molar-refractivity contribution in [2.45, 2.75) is 25.0 Å². The Bertz CT molecular complexity index is 1330. The number of ether oxygens (including phenoxy) is 1. The van der Waals surface area contributed by atoms with Crippen molar-refractivity contribution < 1.29 is 32.0 Å². The van der Waals surface area contributed by atoms with Gasteiger partial charge in [-0.2, -0.15) is 0 Å². The second kappa shape index (κ2) is 12.8. The summed E-state index contributed by atoms with van der Waals surface area (Å²) in [5.74, 6) is -2.81. The van der Waals surface area contributed by atoms with Crippen LogP contribution in [-0.2, 0) is 29.9 Å². The number of nitrogens with zero attached hydrogens (tertiary/aromatic N) is 2. The van der Waals surface area contributed by atoms with E-state index in [4.69, 9.17) is 9.15 Å². The van der Waals surface area contributed by atoms with Crippen LogP contribution in [0.5, 0.6) is 0 Å². The lowest BCUT2D eigenvalue weighted by molar-refractivity contribution is -0.139. The minimum Gasteiger partial charge on any atom is -0.434 e. The van der Waals surface area contributed by atoms with Crippen molar-refractivity contribution in [2.75, 3.05) is 38.6 Å². The highest BCUT2D eigenvalue weighted by molar-refractivity contribution is 7.90. The van der Waals surface area contributed by atoms with E-state index in [1.54, 1.807) is 59.5 Å². The SMILES string of the molecule is O=C(CCCNC(=O)C(CC(=O)N1CCOCC1)CS(=O)(=O)Cc1ccccc1)c1nc2ccccc2o1. The largest absolute Gasteiger partial charge is 0.434 e. The van der Waals surface area contributed by atoms with Gasteiger partial charge in [0.15, 0.2) is 15.4 Å². The number of benzene rings is 2. The van der Waals surface area contributed by atoms with Gasteiger partial charge in [0.25, 0.3) is 5.89 Å². The number of morpholine rings is 1. The van der Waals surface area contributed by atoms with E-state index in [0.29, 0.717) is 49.4 Å². The van der Waals surface area contributed by atoms with E-state index >= 15 is 0 Å². The number of carbonyl (C=O) groups is 3. The molecule has 1 unspecified atom stereocenters. The van der Waals surface area contributed by atoms with Crippen molar-refractivity contribution in [3.8, 4) is 0 Å². The number of fused-ring (bicyclic) bond motifs is 1. The van der Waals surface area contributed by atoms with Gasteiger partial charge < -0.3 is 19.4 Å². The number of amides is 2. The van der Waals surface area contributed by atoms with Crippen LogP contribution in [0.25, 0.3) is 11.1 Å².